The Morgan fingerprint density at radius 1 is 1.47 bits per heavy atom. The summed E-state index contributed by atoms with van der Waals surface area (Å²) in [4.78, 5) is 10.2. The molecule has 3 N–H and O–H groups in total. The van der Waals surface area contributed by atoms with Crippen LogP contribution in [0.1, 0.15) is 24.9 Å². The molecule has 1 rings (SSSR count). The second kappa shape index (κ2) is 6.85. The molecule has 0 spiro atoms. The van der Waals surface area contributed by atoms with Gasteiger partial charge in [-0.05, 0) is 37.6 Å². The summed E-state index contributed by atoms with van der Waals surface area (Å²) < 4.78 is 13.0. The summed E-state index contributed by atoms with van der Waals surface area (Å²) in [6.07, 6.45) is -0.311. The molecule has 0 aliphatic carbocycles. The van der Waals surface area contributed by atoms with Gasteiger partial charge in [0.2, 0.25) is 0 Å². The number of benzene rings is 1. The highest BCUT2D eigenvalue weighted by Gasteiger charge is 2.04. The van der Waals surface area contributed by atoms with Crippen molar-refractivity contribution in [3.05, 3.63) is 35.6 Å². The van der Waals surface area contributed by atoms with Crippen LogP contribution in [0.4, 0.5) is 9.18 Å². The van der Waals surface area contributed by atoms with Gasteiger partial charge in [0.1, 0.15) is 5.82 Å². The van der Waals surface area contributed by atoms with Crippen molar-refractivity contribution in [2.75, 3.05) is 13.1 Å². The first-order chi connectivity index (χ1) is 8.09. The normalized spacial score (nSPS) is 12.1. The van der Waals surface area contributed by atoms with Crippen molar-refractivity contribution in [3.63, 3.8) is 0 Å². The van der Waals surface area contributed by atoms with Gasteiger partial charge in [0, 0.05) is 12.6 Å². The quantitative estimate of drug-likeness (QED) is 0.667. The lowest BCUT2D eigenvalue weighted by molar-refractivity contribution is 0.194. The molecule has 0 aromatic heterocycles. The van der Waals surface area contributed by atoms with E-state index in [4.69, 9.17) is 5.11 Å². The van der Waals surface area contributed by atoms with E-state index in [1.54, 1.807) is 6.07 Å². The van der Waals surface area contributed by atoms with E-state index in [-0.39, 0.29) is 11.9 Å². The van der Waals surface area contributed by atoms with Crippen LogP contribution in [0.25, 0.3) is 0 Å². The van der Waals surface area contributed by atoms with Gasteiger partial charge in [-0.2, -0.15) is 0 Å². The van der Waals surface area contributed by atoms with Gasteiger partial charge in [0.25, 0.3) is 0 Å². The summed E-state index contributed by atoms with van der Waals surface area (Å²) in [6.45, 7) is 3.04. The number of amides is 1. The first-order valence-corrected chi connectivity index (χ1v) is 5.55. The van der Waals surface area contributed by atoms with Gasteiger partial charge in [0.15, 0.2) is 0 Å². The Bertz CT molecular complexity index is 371. The predicted molar refractivity (Wildman–Crippen MR) is 63.5 cm³/mol. The fourth-order valence-electron chi connectivity index (χ4n) is 1.50. The molecule has 5 heteroatoms. The van der Waals surface area contributed by atoms with Gasteiger partial charge in [-0.1, -0.05) is 12.1 Å². The molecule has 0 saturated heterocycles. The van der Waals surface area contributed by atoms with Crippen molar-refractivity contribution >= 4 is 6.09 Å². The highest BCUT2D eigenvalue weighted by molar-refractivity contribution is 5.64. The molecule has 1 unspecified atom stereocenters. The van der Waals surface area contributed by atoms with E-state index in [0.29, 0.717) is 19.5 Å². The Morgan fingerprint density at radius 2 is 2.24 bits per heavy atom. The van der Waals surface area contributed by atoms with Crippen LogP contribution in [0.2, 0.25) is 0 Å². The number of rotatable bonds is 6. The van der Waals surface area contributed by atoms with Crippen LogP contribution in [0.15, 0.2) is 24.3 Å². The van der Waals surface area contributed by atoms with E-state index in [0.717, 1.165) is 5.56 Å². The predicted octanol–water partition coefficient (Wildman–Crippen LogP) is 2.13. The van der Waals surface area contributed by atoms with Crippen molar-refractivity contribution in [3.8, 4) is 0 Å². The molecule has 1 atom stereocenters. The molecular weight excluding hydrogens is 223 g/mol. The zero-order valence-electron chi connectivity index (χ0n) is 9.74. The molecule has 0 bridgehead atoms. The maximum Gasteiger partial charge on any atom is 0.404 e. The van der Waals surface area contributed by atoms with Crippen LogP contribution in [0.3, 0.4) is 0 Å². The Morgan fingerprint density at radius 3 is 2.88 bits per heavy atom. The maximum absolute atomic E-state index is 13.0. The fourth-order valence-corrected chi connectivity index (χ4v) is 1.50. The molecule has 0 saturated carbocycles. The fraction of sp³-hybridized carbons (Fsp3) is 0.417. The minimum Gasteiger partial charge on any atom is -0.465 e. The number of carbonyl (C=O) groups is 1. The summed E-state index contributed by atoms with van der Waals surface area (Å²) in [6, 6.07) is 6.49. The maximum atomic E-state index is 13.0. The van der Waals surface area contributed by atoms with E-state index in [1.165, 1.54) is 12.1 Å². The molecule has 0 heterocycles. The highest BCUT2D eigenvalue weighted by atomic mass is 19.1. The number of hydrogen-bond donors (Lipinski definition) is 3. The zero-order valence-corrected chi connectivity index (χ0v) is 9.74. The van der Waals surface area contributed by atoms with E-state index >= 15 is 0 Å². The summed E-state index contributed by atoms with van der Waals surface area (Å²) in [5.41, 5.74) is 0.885. The van der Waals surface area contributed by atoms with E-state index in [2.05, 4.69) is 10.6 Å². The number of carboxylic acid groups (broad SMARTS) is 1. The third-order valence-corrected chi connectivity index (χ3v) is 2.43. The second-order valence-electron chi connectivity index (χ2n) is 3.82. The lowest BCUT2D eigenvalue weighted by atomic mass is 10.1. The molecule has 0 fully saturated rings. The minimum absolute atomic E-state index is 0.0514. The van der Waals surface area contributed by atoms with E-state index in [1.807, 2.05) is 13.0 Å². The van der Waals surface area contributed by atoms with Crippen LogP contribution < -0.4 is 10.6 Å². The number of nitrogens with one attached hydrogen (secondary N) is 2. The monoisotopic (exact) mass is 240 g/mol. The van der Waals surface area contributed by atoms with Gasteiger partial charge in [-0.15, -0.1) is 0 Å². The third-order valence-electron chi connectivity index (χ3n) is 2.43. The molecule has 1 aromatic rings. The molecule has 4 nitrogen and oxygen atoms in total. The largest absolute Gasteiger partial charge is 0.465 e. The average molecular weight is 240 g/mol. The summed E-state index contributed by atoms with van der Waals surface area (Å²) in [7, 11) is 0. The van der Waals surface area contributed by atoms with Crippen molar-refractivity contribution in [2.45, 2.75) is 19.4 Å². The Labute approximate surface area is 99.8 Å². The Hall–Kier alpha value is -1.62. The lowest BCUT2D eigenvalue weighted by Crippen LogP contribution is -2.27. The molecular formula is C12H17FN2O2. The molecule has 0 radical (unpaired) electrons. The van der Waals surface area contributed by atoms with E-state index in [9.17, 15) is 9.18 Å². The molecule has 1 amide bonds. The van der Waals surface area contributed by atoms with Crippen molar-refractivity contribution in [1.29, 1.82) is 0 Å². The van der Waals surface area contributed by atoms with Crippen molar-refractivity contribution in [2.24, 2.45) is 0 Å². The lowest BCUT2D eigenvalue weighted by Gasteiger charge is -2.14. The number of halogens is 1. The van der Waals surface area contributed by atoms with Gasteiger partial charge < -0.3 is 15.7 Å². The number of hydrogen-bond acceptors (Lipinski definition) is 2. The van der Waals surface area contributed by atoms with Crippen molar-refractivity contribution < 1.29 is 14.3 Å². The molecule has 0 aliphatic heterocycles. The average Bonchev–Trinajstić information content (AvgIpc) is 2.28. The van der Waals surface area contributed by atoms with Crippen LogP contribution in [0.5, 0.6) is 0 Å². The smallest absolute Gasteiger partial charge is 0.404 e. The highest BCUT2D eigenvalue weighted by Crippen LogP contribution is 2.12. The third kappa shape index (κ3) is 5.31. The SMILES string of the molecule is CC(NCCCNC(=O)O)c1cccc(F)c1. The standard InChI is InChI=1S/C12H17FN2O2/c1-9(10-4-2-5-11(13)8-10)14-6-3-7-15-12(16)17/h2,4-5,8-9,14-15H,3,6-7H2,1H3,(H,16,17). The Kier molecular flexibility index (Phi) is 5.42. The zero-order chi connectivity index (χ0) is 12.7. The first kappa shape index (κ1) is 13.4. The summed E-state index contributed by atoms with van der Waals surface area (Å²) in [5.74, 6) is -0.247. The van der Waals surface area contributed by atoms with Gasteiger partial charge >= 0.3 is 6.09 Å². The van der Waals surface area contributed by atoms with Crippen molar-refractivity contribution in [1.82, 2.24) is 10.6 Å². The van der Waals surface area contributed by atoms with Crippen LogP contribution >= 0.6 is 0 Å². The first-order valence-electron chi connectivity index (χ1n) is 5.55. The van der Waals surface area contributed by atoms with E-state index < -0.39 is 6.09 Å². The van der Waals surface area contributed by atoms with Crippen LogP contribution in [-0.4, -0.2) is 24.3 Å². The molecule has 1 aromatic carbocycles. The van der Waals surface area contributed by atoms with Gasteiger partial charge in [0.05, 0.1) is 0 Å². The Balaban J connectivity index is 2.25. The van der Waals surface area contributed by atoms with Gasteiger partial charge in [-0.25, -0.2) is 9.18 Å². The minimum atomic E-state index is -1.01. The molecule has 17 heavy (non-hydrogen) atoms. The molecule has 0 aliphatic rings. The second-order valence-corrected chi connectivity index (χ2v) is 3.82. The summed E-state index contributed by atoms with van der Waals surface area (Å²) in [5, 5.41) is 13.8. The molecule has 94 valence electrons. The van der Waals surface area contributed by atoms with Gasteiger partial charge in [-0.3, -0.25) is 0 Å². The van der Waals surface area contributed by atoms with Crippen LogP contribution in [0, 0.1) is 5.82 Å². The topological polar surface area (TPSA) is 61.4 Å². The van der Waals surface area contributed by atoms with Crippen LogP contribution in [-0.2, 0) is 0 Å². The summed E-state index contributed by atoms with van der Waals surface area (Å²) >= 11 is 0.